The maximum Gasteiger partial charge on any atom is 0.137 e. The van der Waals surface area contributed by atoms with E-state index in [1.54, 1.807) is 12.1 Å². The number of halogens is 3. The lowest BCUT2D eigenvalue weighted by Gasteiger charge is -2.14. The van der Waals surface area contributed by atoms with E-state index in [4.69, 9.17) is 27.9 Å². The largest absolute Gasteiger partial charge is 0.495 e. The maximum atomic E-state index is 13.7. The fraction of sp³-hybridized carbons (Fsp3) is 0.143. The molecule has 1 atom stereocenters. The minimum absolute atomic E-state index is 0.105. The van der Waals surface area contributed by atoms with E-state index in [1.165, 1.54) is 31.4 Å². The van der Waals surface area contributed by atoms with Crippen LogP contribution in [0, 0.1) is 5.82 Å². The molecule has 0 aliphatic carbocycles. The average molecular weight is 301 g/mol. The van der Waals surface area contributed by atoms with Crippen molar-refractivity contribution in [3.8, 4) is 5.75 Å². The molecule has 2 nitrogen and oxygen atoms in total. The predicted octanol–water partition coefficient (Wildman–Crippen LogP) is 4.22. The molecule has 0 saturated carbocycles. The van der Waals surface area contributed by atoms with E-state index in [-0.39, 0.29) is 5.56 Å². The van der Waals surface area contributed by atoms with Crippen molar-refractivity contribution in [1.29, 1.82) is 0 Å². The minimum atomic E-state index is -1.14. The van der Waals surface area contributed by atoms with E-state index in [0.29, 0.717) is 21.4 Å². The zero-order chi connectivity index (χ0) is 14.0. The van der Waals surface area contributed by atoms with Crippen molar-refractivity contribution < 1.29 is 14.2 Å². The van der Waals surface area contributed by atoms with Gasteiger partial charge in [-0.05, 0) is 35.9 Å². The summed E-state index contributed by atoms with van der Waals surface area (Å²) in [4.78, 5) is 0. The molecule has 0 aromatic heterocycles. The molecule has 2 aromatic carbocycles. The van der Waals surface area contributed by atoms with E-state index >= 15 is 0 Å². The van der Waals surface area contributed by atoms with Crippen LogP contribution < -0.4 is 4.74 Å². The first-order valence-corrected chi connectivity index (χ1v) is 6.25. The first-order chi connectivity index (χ1) is 9.02. The van der Waals surface area contributed by atoms with Crippen LogP contribution in [0.15, 0.2) is 36.4 Å². The molecule has 0 heterocycles. The highest BCUT2D eigenvalue weighted by molar-refractivity contribution is 6.32. The summed E-state index contributed by atoms with van der Waals surface area (Å²) in [5.74, 6) is -0.0342. The topological polar surface area (TPSA) is 29.5 Å². The van der Waals surface area contributed by atoms with Gasteiger partial charge in [0.1, 0.15) is 17.7 Å². The Kier molecular flexibility index (Phi) is 4.30. The summed E-state index contributed by atoms with van der Waals surface area (Å²) in [6.45, 7) is 0. The van der Waals surface area contributed by atoms with Gasteiger partial charge in [0, 0.05) is 10.6 Å². The van der Waals surface area contributed by atoms with Gasteiger partial charge in [0.25, 0.3) is 0 Å². The SMILES string of the molecule is COc1ccc(C(O)c2cc(Cl)ccc2F)cc1Cl. The van der Waals surface area contributed by atoms with E-state index in [9.17, 15) is 9.50 Å². The van der Waals surface area contributed by atoms with Gasteiger partial charge in [-0.3, -0.25) is 0 Å². The number of aliphatic hydroxyl groups is 1. The van der Waals surface area contributed by atoms with Gasteiger partial charge in [0.2, 0.25) is 0 Å². The van der Waals surface area contributed by atoms with Crippen molar-refractivity contribution in [2.75, 3.05) is 7.11 Å². The quantitative estimate of drug-likeness (QED) is 0.919. The van der Waals surface area contributed by atoms with Gasteiger partial charge in [-0.15, -0.1) is 0 Å². The van der Waals surface area contributed by atoms with Crippen molar-refractivity contribution in [2.45, 2.75) is 6.10 Å². The van der Waals surface area contributed by atoms with Crippen molar-refractivity contribution >= 4 is 23.2 Å². The standard InChI is InChI=1S/C14H11Cl2FO2/c1-19-13-5-2-8(6-11(13)16)14(18)10-7-9(15)3-4-12(10)17/h2-7,14,18H,1H3. The number of hydrogen-bond donors (Lipinski definition) is 1. The molecule has 0 aliphatic rings. The Morgan fingerprint density at radius 3 is 2.53 bits per heavy atom. The number of rotatable bonds is 3. The lowest BCUT2D eigenvalue weighted by Crippen LogP contribution is -2.03. The summed E-state index contributed by atoms with van der Waals surface area (Å²) >= 11 is 11.8. The van der Waals surface area contributed by atoms with Crippen LogP contribution in [-0.4, -0.2) is 12.2 Å². The number of aliphatic hydroxyl groups excluding tert-OH is 1. The normalized spacial score (nSPS) is 12.3. The summed E-state index contributed by atoms with van der Waals surface area (Å²) in [5, 5.41) is 10.9. The maximum absolute atomic E-state index is 13.7. The van der Waals surface area contributed by atoms with Crippen molar-refractivity contribution in [1.82, 2.24) is 0 Å². The van der Waals surface area contributed by atoms with Gasteiger partial charge in [-0.1, -0.05) is 29.3 Å². The Balaban J connectivity index is 2.41. The molecule has 5 heteroatoms. The highest BCUT2D eigenvalue weighted by atomic mass is 35.5. The average Bonchev–Trinajstić information content (AvgIpc) is 2.40. The molecule has 2 aromatic rings. The molecule has 0 aliphatic heterocycles. The van der Waals surface area contributed by atoms with Crippen LogP contribution in [-0.2, 0) is 0 Å². The third-order valence-corrected chi connectivity index (χ3v) is 3.27. The Morgan fingerprint density at radius 1 is 1.16 bits per heavy atom. The van der Waals surface area contributed by atoms with Gasteiger partial charge in [-0.2, -0.15) is 0 Å². The summed E-state index contributed by atoms with van der Waals surface area (Å²) < 4.78 is 18.7. The smallest absolute Gasteiger partial charge is 0.137 e. The highest BCUT2D eigenvalue weighted by Gasteiger charge is 2.16. The number of methoxy groups -OCH3 is 1. The molecule has 0 radical (unpaired) electrons. The lowest BCUT2D eigenvalue weighted by atomic mass is 10.0. The second-order valence-electron chi connectivity index (χ2n) is 3.96. The van der Waals surface area contributed by atoms with Crippen LogP contribution in [0.1, 0.15) is 17.2 Å². The Bertz CT molecular complexity index is 602. The zero-order valence-electron chi connectivity index (χ0n) is 10.0. The van der Waals surface area contributed by atoms with Gasteiger partial charge in [0.15, 0.2) is 0 Å². The molecule has 1 unspecified atom stereocenters. The molecule has 2 rings (SSSR count). The fourth-order valence-electron chi connectivity index (χ4n) is 1.76. The molecule has 0 bridgehead atoms. The third-order valence-electron chi connectivity index (χ3n) is 2.74. The van der Waals surface area contributed by atoms with E-state index < -0.39 is 11.9 Å². The van der Waals surface area contributed by atoms with Gasteiger partial charge < -0.3 is 9.84 Å². The summed E-state index contributed by atoms with van der Waals surface area (Å²) in [7, 11) is 1.49. The fourth-order valence-corrected chi connectivity index (χ4v) is 2.20. The van der Waals surface area contributed by atoms with Gasteiger partial charge in [0.05, 0.1) is 12.1 Å². The van der Waals surface area contributed by atoms with Crippen molar-refractivity contribution in [2.24, 2.45) is 0 Å². The monoisotopic (exact) mass is 300 g/mol. The lowest BCUT2D eigenvalue weighted by molar-refractivity contribution is 0.215. The number of benzene rings is 2. The number of hydrogen-bond acceptors (Lipinski definition) is 2. The highest BCUT2D eigenvalue weighted by Crippen LogP contribution is 2.32. The Labute approximate surface area is 120 Å². The second-order valence-corrected chi connectivity index (χ2v) is 4.81. The Morgan fingerprint density at radius 2 is 1.89 bits per heavy atom. The molecule has 19 heavy (non-hydrogen) atoms. The van der Waals surface area contributed by atoms with Gasteiger partial charge >= 0.3 is 0 Å². The number of ether oxygens (including phenoxy) is 1. The molecule has 0 fully saturated rings. The van der Waals surface area contributed by atoms with Crippen molar-refractivity contribution in [3.63, 3.8) is 0 Å². The van der Waals surface area contributed by atoms with Crippen LogP contribution in [0.4, 0.5) is 4.39 Å². The van der Waals surface area contributed by atoms with E-state index in [2.05, 4.69) is 0 Å². The zero-order valence-corrected chi connectivity index (χ0v) is 11.5. The molecule has 100 valence electrons. The molecule has 0 spiro atoms. The van der Waals surface area contributed by atoms with Crippen LogP contribution in [0.2, 0.25) is 10.0 Å². The first-order valence-electron chi connectivity index (χ1n) is 5.49. The second kappa shape index (κ2) is 5.78. The first kappa shape index (κ1) is 14.1. The van der Waals surface area contributed by atoms with Crippen LogP contribution in [0.5, 0.6) is 5.75 Å². The summed E-state index contributed by atoms with van der Waals surface area (Å²) in [6, 6.07) is 8.80. The Hall–Kier alpha value is -1.29. The van der Waals surface area contributed by atoms with Gasteiger partial charge in [-0.25, -0.2) is 4.39 Å². The molecule has 0 saturated heterocycles. The summed E-state index contributed by atoms with van der Waals surface area (Å²) in [6.07, 6.45) is -1.14. The van der Waals surface area contributed by atoms with Crippen LogP contribution in [0.3, 0.4) is 0 Å². The minimum Gasteiger partial charge on any atom is -0.495 e. The van der Waals surface area contributed by atoms with Crippen LogP contribution in [0.25, 0.3) is 0 Å². The third kappa shape index (κ3) is 3.00. The molecule has 1 N–H and O–H groups in total. The van der Waals surface area contributed by atoms with Crippen LogP contribution >= 0.6 is 23.2 Å². The molecular weight excluding hydrogens is 290 g/mol. The molecular formula is C14H11Cl2FO2. The van der Waals surface area contributed by atoms with E-state index in [0.717, 1.165) is 0 Å². The predicted molar refractivity (Wildman–Crippen MR) is 73.5 cm³/mol. The molecule has 0 amide bonds. The van der Waals surface area contributed by atoms with Crippen molar-refractivity contribution in [3.05, 3.63) is 63.4 Å². The van der Waals surface area contributed by atoms with E-state index in [1.807, 2.05) is 0 Å². The summed E-state index contributed by atoms with van der Waals surface area (Å²) in [5.41, 5.74) is 0.570.